The monoisotopic (exact) mass is 462 g/mol. The second-order valence-corrected chi connectivity index (χ2v) is 40.5. The van der Waals surface area contributed by atoms with Crippen molar-refractivity contribution in [2.75, 3.05) is 26.4 Å². The normalized spacial score (nSPS) is 16.7. The molecule has 0 atom stereocenters. The Morgan fingerprint density at radius 1 is 0.500 bits per heavy atom. The SMILES string of the molecule is CCCC[O][Ti]([Zn])([CH2]C)([CH2]C)([O]CCCC)([O]CCCC)[O]CCCC. The molecule has 0 aromatic carbocycles. The molecule has 0 saturated carbocycles. The van der Waals surface area contributed by atoms with Gasteiger partial charge in [0.2, 0.25) is 0 Å². The summed E-state index contributed by atoms with van der Waals surface area (Å²) in [6.45, 7) is 15.8. The summed E-state index contributed by atoms with van der Waals surface area (Å²) in [6, 6.07) is 0. The molecule has 0 radical (unpaired) electrons. The molecule has 0 bridgehead atoms. The Bertz CT molecular complexity index is 357. The molecule has 0 aliphatic rings. The van der Waals surface area contributed by atoms with E-state index >= 15 is 0 Å². The fourth-order valence-corrected chi connectivity index (χ4v) is 17.8. The molecule has 0 aliphatic carbocycles. The Labute approximate surface area is 168 Å². The zero-order valence-electron chi connectivity index (χ0n) is 18.7. The molecule has 0 aliphatic heterocycles. The fraction of sp³-hybridized carbons (Fsp3) is 1.00. The molecule has 156 valence electrons. The maximum atomic E-state index is 6.94. The van der Waals surface area contributed by atoms with Crippen LogP contribution in [0.15, 0.2) is 0 Å². The topological polar surface area (TPSA) is 36.9 Å². The van der Waals surface area contributed by atoms with Gasteiger partial charge in [-0.3, -0.25) is 0 Å². The van der Waals surface area contributed by atoms with Crippen LogP contribution in [0.3, 0.4) is 0 Å². The second kappa shape index (κ2) is 10.3. The molecule has 0 amide bonds. The molecule has 26 heavy (non-hydrogen) atoms. The van der Waals surface area contributed by atoms with Crippen LogP contribution in [0.2, 0.25) is 9.45 Å². The zero-order valence-corrected chi connectivity index (χ0v) is 23.3. The van der Waals surface area contributed by atoms with Crippen molar-refractivity contribution in [3.63, 3.8) is 0 Å². The van der Waals surface area contributed by atoms with Crippen molar-refractivity contribution in [3.05, 3.63) is 0 Å². The number of unbranched alkanes of at least 4 members (excludes halogenated alkanes) is 4. The van der Waals surface area contributed by atoms with Gasteiger partial charge in [-0.15, -0.1) is 0 Å². The molecule has 6 heteroatoms. The third kappa shape index (κ3) is 6.09. The summed E-state index contributed by atoms with van der Waals surface area (Å²) in [6.07, 6.45) is 8.43. The summed E-state index contributed by atoms with van der Waals surface area (Å²) in [5.41, 5.74) is 0. The van der Waals surface area contributed by atoms with Crippen LogP contribution in [0.5, 0.6) is 0 Å². The van der Waals surface area contributed by atoms with E-state index in [2.05, 4.69) is 41.5 Å². The van der Waals surface area contributed by atoms with Gasteiger partial charge in [-0.2, -0.15) is 0 Å². The fourth-order valence-electron chi connectivity index (χ4n) is 3.55. The molecule has 0 heterocycles. The van der Waals surface area contributed by atoms with Crippen LogP contribution in [-0.4, -0.2) is 26.4 Å². The molecule has 0 rings (SSSR count). The van der Waals surface area contributed by atoms with Gasteiger partial charge in [-0.25, -0.2) is 0 Å². The van der Waals surface area contributed by atoms with Gasteiger partial charge in [-0.05, 0) is 0 Å². The first-order valence-corrected chi connectivity index (χ1v) is 23.3. The van der Waals surface area contributed by atoms with Gasteiger partial charge in [-0.1, -0.05) is 0 Å². The Balaban J connectivity index is 6.21. The van der Waals surface area contributed by atoms with E-state index in [0.717, 1.165) is 76.1 Å². The quantitative estimate of drug-likeness (QED) is 0.162. The van der Waals surface area contributed by atoms with Crippen LogP contribution in [-0.2, 0) is 40.2 Å². The minimum atomic E-state index is -5.45. The van der Waals surface area contributed by atoms with Gasteiger partial charge >= 0.3 is 169 Å². The van der Waals surface area contributed by atoms with Crippen molar-refractivity contribution in [2.24, 2.45) is 0 Å². The van der Waals surface area contributed by atoms with Crippen molar-refractivity contribution >= 4 is 0 Å². The third-order valence-corrected chi connectivity index (χ3v) is 36.2. The van der Waals surface area contributed by atoms with Gasteiger partial charge < -0.3 is 0 Å². The maximum absolute atomic E-state index is 6.94. The van der Waals surface area contributed by atoms with Crippen molar-refractivity contribution < 1.29 is 40.2 Å². The van der Waals surface area contributed by atoms with Crippen LogP contribution in [0.25, 0.3) is 0 Å². The predicted octanol–water partition coefficient (Wildman–Crippen LogP) is 7.01. The summed E-state index contributed by atoms with van der Waals surface area (Å²) >= 11 is -4.64. The van der Waals surface area contributed by atoms with Gasteiger partial charge in [0.15, 0.2) is 0 Å². The Kier molecular flexibility index (Phi) is 10.7. The van der Waals surface area contributed by atoms with E-state index in [-0.39, 0.29) is 0 Å². The minimum absolute atomic E-state index is 0.665. The van der Waals surface area contributed by atoms with Crippen molar-refractivity contribution in [3.8, 4) is 0 Å². The molecular formula is C20H46O4TiZn. The summed E-state index contributed by atoms with van der Waals surface area (Å²) in [5.74, 6) is 0. The van der Waals surface area contributed by atoms with Crippen LogP contribution in [0.1, 0.15) is 92.9 Å². The van der Waals surface area contributed by atoms with Crippen LogP contribution >= 0.6 is 0 Å². The van der Waals surface area contributed by atoms with Crippen LogP contribution in [0.4, 0.5) is 0 Å². The summed E-state index contributed by atoms with van der Waals surface area (Å²) in [7, 11) is 0. The van der Waals surface area contributed by atoms with Crippen molar-refractivity contribution in [1.82, 2.24) is 0 Å². The van der Waals surface area contributed by atoms with Gasteiger partial charge in [0.05, 0.1) is 0 Å². The Hall–Kier alpha value is 1.18. The van der Waals surface area contributed by atoms with Crippen LogP contribution < -0.4 is 0 Å². The summed E-state index contributed by atoms with van der Waals surface area (Å²) < 4.78 is 29.2. The molecule has 0 unspecified atom stereocenters. The number of rotatable bonds is 18. The molecule has 0 saturated heterocycles. The van der Waals surface area contributed by atoms with Crippen molar-refractivity contribution in [2.45, 2.75) is 102 Å². The molecule has 0 aromatic rings. The average Bonchev–Trinajstić information content (AvgIpc) is 2.64. The molecule has 0 N–H and O–H groups in total. The van der Waals surface area contributed by atoms with E-state index in [4.69, 9.17) is 13.3 Å². The first-order chi connectivity index (χ1) is 12.2. The van der Waals surface area contributed by atoms with E-state index in [0.29, 0.717) is 26.4 Å². The van der Waals surface area contributed by atoms with Crippen molar-refractivity contribution in [1.29, 1.82) is 0 Å². The number of hydrogen-bond donors (Lipinski definition) is 0. The second-order valence-electron chi connectivity index (χ2n) is 8.50. The summed E-state index contributed by atoms with van der Waals surface area (Å²) in [5, 5.41) is 0. The van der Waals surface area contributed by atoms with Gasteiger partial charge in [0, 0.05) is 0 Å². The standard InChI is InChI=1S/4C4H9O.2C2H5.Ti.Zn/c4*1-2-3-4-5;2*1-2;;/h4*2-4H2,1H3;2*1H2,2H3;;/q4*-1;;;+4;. The molecule has 0 spiro atoms. The Morgan fingerprint density at radius 3 is 0.885 bits per heavy atom. The van der Waals surface area contributed by atoms with Gasteiger partial charge in [0.25, 0.3) is 0 Å². The van der Waals surface area contributed by atoms with E-state index in [1.165, 1.54) is 0 Å². The molecular weight excluding hydrogens is 417 g/mol. The number of hydrogen-bond acceptors (Lipinski definition) is 4. The first-order valence-electron chi connectivity index (χ1n) is 11.3. The van der Waals surface area contributed by atoms with E-state index in [1.807, 2.05) is 0 Å². The van der Waals surface area contributed by atoms with E-state index in [9.17, 15) is 0 Å². The Morgan fingerprint density at radius 2 is 0.731 bits per heavy atom. The molecule has 0 fully saturated rings. The first kappa shape index (κ1) is 27.2. The molecule has 4 nitrogen and oxygen atoms in total. The summed E-state index contributed by atoms with van der Waals surface area (Å²) in [4.78, 5) is 0. The molecule has 0 aromatic heterocycles. The zero-order chi connectivity index (χ0) is 20.1. The predicted molar refractivity (Wildman–Crippen MR) is 104 cm³/mol. The average molecular weight is 464 g/mol. The van der Waals surface area contributed by atoms with E-state index < -0.39 is 11.6 Å². The van der Waals surface area contributed by atoms with Crippen LogP contribution in [0, 0.1) is 0 Å². The van der Waals surface area contributed by atoms with E-state index in [1.54, 1.807) is 0 Å². The third-order valence-electron chi connectivity index (χ3n) is 6.49. The van der Waals surface area contributed by atoms with Gasteiger partial charge in [0.1, 0.15) is 0 Å².